The number of hydrogen-bond donors (Lipinski definition) is 2. The molecular weight excluding hydrogens is 332 g/mol. The number of nitrogens with one attached hydrogen (secondary N) is 2. The van der Waals surface area contributed by atoms with Crippen LogP contribution >= 0.6 is 0 Å². The Hall–Kier alpha value is -1.43. The van der Waals surface area contributed by atoms with Crippen molar-refractivity contribution in [2.45, 2.75) is 91.3 Å². The minimum absolute atomic E-state index is 0.0623. The average molecular weight is 369 g/mol. The molecule has 150 valence electrons. The molecule has 0 aromatic heterocycles. The zero-order valence-electron chi connectivity index (χ0n) is 17.2. The highest BCUT2D eigenvalue weighted by molar-refractivity contribution is 5.97. The second kappa shape index (κ2) is 10.0. The van der Waals surface area contributed by atoms with Gasteiger partial charge < -0.3 is 15.4 Å². The molecule has 1 fully saturated rings. The monoisotopic (exact) mass is 368 g/mol. The van der Waals surface area contributed by atoms with E-state index in [1.807, 2.05) is 27.7 Å². The van der Waals surface area contributed by atoms with Crippen LogP contribution in [-0.2, 0) is 19.1 Å². The summed E-state index contributed by atoms with van der Waals surface area (Å²) >= 11 is 0. The van der Waals surface area contributed by atoms with Crippen LogP contribution in [0.25, 0.3) is 0 Å². The molecule has 2 amide bonds. The third-order valence-electron chi connectivity index (χ3n) is 4.71. The van der Waals surface area contributed by atoms with Gasteiger partial charge in [-0.05, 0) is 31.6 Å². The van der Waals surface area contributed by atoms with Crippen molar-refractivity contribution in [3.05, 3.63) is 0 Å². The van der Waals surface area contributed by atoms with Gasteiger partial charge in [0.25, 0.3) is 0 Å². The summed E-state index contributed by atoms with van der Waals surface area (Å²) in [5.41, 5.74) is -0.774. The summed E-state index contributed by atoms with van der Waals surface area (Å²) in [4.78, 5) is 37.6. The number of hydrogen-bond acceptors (Lipinski definition) is 4. The molecule has 2 N–H and O–H groups in total. The Kier molecular flexibility index (Phi) is 8.74. The summed E-state index contributed by atoms with van der Waals surface area (Å²) < 4.78 is 5.26. The van der Waals surface area contributed by atoms with Gasteiger partial charge in [-0.3, -0.25) is 14.4 Å². The van der Waals surface area contributed by atoms with E-state index in [9.17, 15) is 14.4 Å². The number of rotatable bonds is 12. The van der Waals surface area contributed by atoms with Crippen LogP contribution in [0.3, 0.4) is 0 Å². The van der Waals surface area contributed by atoms with Crippen molar-refractivity contribution in [2.75, 3.05) is 6.61 Å². The van der Waals surface area contributed by atoms with Gasteiger partial charge in [-0.15, -0.1) is 0 Å². The van der Waals surface area contributed by atoms with Crippen LogP contribution in [-0.4, -0.2) is 41.9 Å². The largest absolute Gasteiger partial charge is 0.361 e. The smallest absolute Gasteiger partial charge is 0.243 e. The minimum atomic E-state index is -0.774. The van der Waals surface area contributed by atoms with E-state index < -0.39 is 17.7 Å². The van der Waals surface area contributed by atoms with E-state index in [0.29, 0.717) is 19.4 Å². The Labute approximate surface area is 157 Å². The molecule has 1 heterocycles. The van der Waals surface area contributed by atoms with Crippen molar-refractivity contribution in [3.63, 3.8) is 0 Å². The SMILES string of the molecule is CCCCCC(=O)N[C@@H](C(=O)N[C@@H](CC(C)C)C(=O)[C@@]1(C)CO1)C(C)C. The fraction of sp³-hybridized carbons (Fsp3) is 0.850. The lowest BCUT2D eigenvalue weighted by molar-refractivity contribution is -0.134. The summed E-state index contributed by atoms with van der Waals surface area (Å²) in [5.74, 6) is -0.305. The number of Topliss-reactive ketones (excluding diaryl/α,β-unsaturated/α-hetero) is 1. The van der Waals surface area contributed by atoms with E-state index >= 15 is 0 Å². The van der Waals surface area contributed by atoms with Crippen molar-refractivity contribution >= 4 is 17.6 Å². The maximum atomic E-state index is 12.8. The number of ether oxygens (including phenoxy) is 1. The Morgan fingerprint density at radius 1 is 1.08 bits per heavy atom. The van der Waals surface area contributed by atoms with Gasteiger partial charge in [0.2, 0.25) is 11.8 Å². The van der Waals surface area contributed by atoms with Crippen molar-refractivity contribution in [2.24, 2.45) is 11.8 Å². The highest BCUT2D eigenvalue weighted by Crippen LogP contribution is 2.29. The Morgan fingerprint density at radius 3 is 2.15 bits per heavy atom. The Morgan fingerprint density at radius 2 is 1.69 bits per heavy atom. The first-order valence-corrected chi connectivity index (χ1v) is 9.88. The van der Waals surface area contributed by atoms with Crippen molar-refractivity contribution in [1.82, 2.24) is 10.6 Å². The molecule has 6 nitrogen and oxygen atoms in total. The summed E-state index contributed by atoms with van der Waals surface area (Å²) in [6.07, 6.45) is 3.83. The van der Waals surface area contributed by atoms with Crippen molar-refractivity contribution < 1.29 is 19.1 Å². The van der Waals surface area contributed by atoms with Crippen LogP contribution in [0.2, 0.25) is 0 Å². The Balaban J connectivity index is 2.72. The van der Waals surface area contributed by atoms with Crippen molar-refractivity contribution in [3.8, 4) is 0 Å². The molecule has 0 radical (unpaired) electrons. The minimum Gasteiger partial charge on any atom is -0.361 e. The van der Waals surface area contributed by atoms with Crippen LogP contribution < -0.4 is 10.6 Å². The lowest BCUT2D eigenvalue weighted by Gasteiger charge is -2.26. The van der Waals surface area contributed by atoms with E-state index in [1.54, 1.807) is 6.92 Å². The Bertz CT molecular complexity index is 498. The predicted molar refractivity (Wildman–Crippen MR) is 102 cm³/mol. The molecule has 0 saturated carbocycles. The molecule has 26 heavy (non-hydrogen) atoms. The average Bonchev–Trinajstić information content (AvgIpc) is 3.29. The lowest BCUT2D eigenvalue weighted by Crippen LogP contribution is -2.55. The lowest BCUT2D eigenvalue weighted by atomic mass is 9.92. The first-order chi connectivity index (χ1) is 12.1. The van der Waals surface area contributed by atoms with Crippen LogP contribution in [0.4, 0.5) is 0 Å². The quantitative estimate of drug-likeness (QED) is 0.409. The summed E-state index contributed by atoms with van der Waals surface area (Å²) in [6, 6.07) is -1.23. The second-order valence-corrected chi connectivity index (χ2v) is 8.32. The van der Waals surface area contributed by atoms with Gasteiger partial charge in [0.05, 0.1) is 12.6 Å². The maximum absolute atomic E-state index is 12.8. The van der Waals surface area contributed by atoms with Gasteiger partial charge in [-0.25, -0.2) is 0 Å². The van der Waals surface area contributed by atoms with Gasteiger partial charge in [-0.2, -0.15) is 0 Å². The number of ketones is 1. The topological polar surface area (TPSA) is 87.8 Å². The number of amides is 2. The molecule has 0 aromatic rings. The highest BCUT2D eigenvalue weighted by atomic mass is 16.6. The van der Waals surface area contributed by atoms with E-state index in [0.717, 1.165) is 19.3 Å². The highest BCUT2D eigenvalue weighted by Gasteiger charge is 2.50. The van der Waals surface area contributed by atoms with Gasteiger partial charge in [0, 0.05) is 6.42 Å². The molecule has 6 heteroatoms. The molecule has 0 unspecified atom stereocenters. The maximum Gasteiger partial charge on any atom is 0.243 e. The number of carbonyl (C=O) groups is 3. The van der Waals surface area contributed by atoms with Crippen LogP contribution in [0.1, 0.15) is 73.6 Å². The third-order valence-corrected chi connectivity index (χ3v) is 4.71. The molecule has 0 spiro atoms. The molecule has 1 saturated heterocycles. The van der Waals surface area contributed by atoms with E-state index in [-0.39, 0.29) is 29.4 Å². The van der Waals surface area contributed by atoms with Gasteiger partial charge >= 0.3 is 0 Å². The van der Waals surface area contributed by atoms with E-state index in [4.69, 9.17) is 4.74 Å². The molecule has 3 atom stereocenters. The predicted octanol–water partition coefficient (Wildman–Crippen LogP) is 2.60. The first-order valence-electron chi connectivity index (χ1n) is 9.88. The molecule has 1 rings (SSSR count). The summed E-state index contributed by atoms with van der Waals surface area (Å²) in [6.45, 7) is 12.0. The zero-order chi connectivity index (χ0) is 19.9. The van der Waals surface area contributed by atoms with Crippen molar-refractivity contribution in [1.29, 1.82) is 0 Å². The van der Waals surface area contributed by atoms with E-state index in [2.05, 4.69) is 17.6 Å². The molecule has 1 aliphatic rings. The summed E-state index contributed by atoms with van der Waals surface area (Å²) in [7, 11) is 0. The third kappa shape index (κ3) is 7.06. The van der Waals surface area contributed by atoms with Crippen LogP contribution in [0.5, 0.6) is 0 Å². The molecular formula is C20H36N2O4. The number of epoxide rings is 1. The fourth-order valence-corrected chi connectivity index (χ4v) is 2.90. The molecule has 0 aliphatic carbocycles. The van der Waals surface area contributed by atoms with Gasteiger partial charge in [-0.1, -0.05) is 47.5 Å². The molecule has 0 bridgehead atoms. The summed E-state index contributed by atoms with van der Waals surface area (Å²) in [5, 5.41) is 5.70. The molecule has 0 aromatic carbocycles. The second-order valence-electron chi connectivity index (χ2n) is 8.32. The normalized spacial score (nSPS) is 21.4. The number of carbonyl (C=O) groups excluding carboxylic acids is 3. The van der Waals surface area contributed by atoms with E-state index in [1.165, 1.54) is 0 Å². The van der Waals surface area contributed by atoms with Gasteiger partial charge in [0.1, 0.15) is 11.6 Å². The van der Waals surface area contributed by atoms with Gasteiger partial charge in [0.15, 0.2) is 5.78 Å². The fourth-order valence-electron chi connectivity index (χ4n) is 2.90. The molecule has 1 aliphatic heterocycles. The first kappa shape index (κ1) is 22.6. The number of unbranched alkanes of at least 4 members (excludes halogenated alkanes) is 2. The van der Waals surface area contributed by atoms with Crippen LogP contribution in [0, 0.1) is 11.8 Å². The standard InChI is InChI=1S/C20H36N2O4/c1-7-8-9-10-16(23)22-17(14(4)5)19(25)21-15(11-13(2)3)18(24)20(6)12-26-20/h13-15,17H,7-12H2,1-6H3,(H,21,25)(H,22,23)/t15-,17+,20+/m0/s1. The zero-order valence-corrected chi connectivity index (χ0v) is 17.2. The van der Waals surface area contributed by atoms with Crippen LogP contribution in [0.15, 0.2) is 0 Å².